The topological polar surface area (TPSA) is 54.3 Å². The van der Waals surface area contributed by atoms with E-state index in [0.29, 0.717) is 10.2 Å². The monoisotopic (exact) mass is 320 g/mol. The van der Waals surface area contributed by atoms with Gasteiger partial charge in [-0.2, -0.15) is 0 Å². The molecule has 1 aliphatic rings. The largest absolute Gasteiger partial charge is 0.457 e. The van der Waals surface area contributed by atoms with Gasteiger partial charge in [0.05, 0.1) is 11.8 Å². The minimum Gasteiger partial charge on any atom is -0.457 e. The molecule has 0 bridgehead atoms. The summed E-state index contributed by atoms with van der Waals surface area (Å²) in [6, 6.07) is 7.66. The lowest BCUT2D eigenvalue weighted by Gasteiger charge is -2.20. The van der Waals surface area contributed by atoms with E-state index in [9.17, 15) is 4.79 Å². The van der Waals surface area contributed by atoms with E-state index in [4.69, 9.17) is 4.42 Å². The van der Waals surface area contributed by atoms with Crippen LogP contribution in [-0.2, 0) is 13.0 Å². The molecule has 19 heavy (non-hydrogen) atoms. The van der Waals surface area contributed by atoms with E-state index >= 15 is 0 Å². The lowest BCUT2D eigenvalue weighted by Crippen LogP contribution is -2.25. The Hall–Kier alpha value is -1.59. The van der Waals surface area contributed by atoms with Gasteiger partial charge in [-0.15, -0.1) is 0 Å². The van der Waals surface area contributed by atoms with E-state index in [1.807, 2.05) is 12.1 Å². The van der Waals surface area contributed by atoms with E-state index in [1.165, 1.54) is 17.4 Å². The van der Waals surface area contributed by atoms with E-state index < -0.39 is 0 Å². The highest BCUT2D eigenvalue weighted by Gasteiger charge is 2.17. The van der Waals surface area contributed by atoms with Crippen molar-refractivity contribution in [3.8, 4) is 0 Å². The van der Waals surface area contributed by atoms with Crippen LogP contribution in [0.3, 0.4) is 0 Å². The van der Waals surface area contributed by atoms with Crippen molar-refractivity contribution in [2.45, 2.75) is 13.0 Å². The molecule has 0 saturated heterocycles. The normalized spacial score (nSPS) is 13.9. The van der Waals surface area contributed by atoms with Gasteiger partial charge in [-0.1, -0.05) is 12.1 Å². The number of hydrogen-bond donors (Lipinski definition) is 2. The second kappa shape index (κ2) is 5.19. The van der Waals surface area contributed by atoms with E-state index in [2.05, 4.69) is 32.6 Å². The smallest absolute Gasteiger partial charge is 0.260 e. The third-order valence-electron chi connectivity index (χ3n) is 3.26. The summed E-state index contributed by atoms with van der Waals surface area (Å²) in [4.78, 5) is 12.2. The van der Waals surface area contributed by atoms with Crippen molar-refractivity contribution in [2.75, 3.05) is 11.9 Å². The molecule has 1 aromatic carbocycles. The van der Waals surface area contributed by atoms with Crippen LogP contribution < -0.4 is 10.6 Å². The molecular weight excluding hydrogens is 308 g/mol. The molecule has 3 rings (SSSR count). The molecule has 0 fully saturated rings. The third-order valence-corrected chi connectivity index (χ3v) is 3.87. The van der Waals surface area contributed by atoms with Crippen LogP contribution in [0.25, 0.3) is 0 Å². The molecule has 2 heterocycles. The first-order chi connectivity index (χ1) is 9.25. The van der Waals surface area contributed by atoms with Crippen molar-refractivity contribution in [1.82, 2.24) is 5.32 Å². The van der Waals surface area contributed by atoms with Gasteiger partial charge in [0.2, 0.25) is 0 Å². The molecule has 1 aliphatic heterocycles. The Morgan fingerprint density at radius 1 is 1.37 bits per heavy atom. The zero-order valence-corrected chi connectivity index (χ0v) is 11.8. The minimum absolute atomic E-state index is 0.167. The molecule has 2 N–H and O–H groups in total. The standard InChI is InChI=1S/C14H13BrN2O2/c15-13-10(5-7-19-13)14(18)17-12-3-1-2-9-4-6-16-8-11(9)12/h1-3,5,7,16H,4,6,8H2,(H,17,18). The van der Waals surface area contributed by atoms with Gasteiger partial charge in [0.1, 0.15) is 0 Å². The summed E-state index contributed by atoms with van der Waals surface area (Å²) in [6.45, 7) is 1.77. The van der Waals surface area contributed by atoms with Crippen LogP contribution in [0.5, 0.6) is 0 Å². The summed E-state index contributed by atoms with van der Waals surface area (Å²) < 4.78 is 5.53. The van der Waals surface area contributed by atoms with Gasteiger partial charge in [0.25, 0.3) is 5.91 Å². The van der Waals surface area contributed by atoms with Crippen molar-refractivity contribution in [2.24, 2.45) is 0 Å². The number of fused-ring (bicyclic) bond motifs is 1. The molecule has 4 nitrogen and oxygen atoms in total. The Morgan fingerprint density at radius 2 is 2.26 bits per heavy atom. The van der Waals surface area contributed by atoms with Gasteiger partial charge in [0, 0.05) is 12.2 Å². The molecule has 0 unspecified atom stereocenters. The maximum atomic E-state index is 12.2. The van der Waals surface area contributed by atoms with Gasteiger partial charge in [-0.3, -0.25) is 4.79 Å². The molecule has 1 aromatic heterocycles. The third kappa shape index (κ3) is 2.43. The predicted octanol–water partition coefficient (Wildman–Crippen LogP) is 2.94. The second-order valence-electron chi connectivity index (χ2n) is 4.43. The summed E-state index contributed by atoms with van der Waals surface area (Å²) in [5, 5.41) is 6.27. The first-order valence-electron chi connectivity index (χ1n) is 6.11. The van der Waals surface area contributed by atoms with Gasteiger partial charge >= 0.3 is 0 Å². The Bertz CT molecular complexity index is 622. The highest BCUT2D eigenvalue weighted by Crippen LogP contribution is 2.25. The minimum atomic E-state index is -0.167. The van der Waals surface area contributed by atoms with Crippen molar-refractivity contribution < 1.29 is 9.21 Å². The highest BCUT2D eigenvalue weighted by atomic mass is 79.9. The fourth-order valence-corrected chi connectivity index (χ4v) is 2.70. The van der Waals surface area contributed by atoms with Crippen molar-refractivity contribution in [3.05, 3.63) is 51.9 Å². The Balaban J connectivity index is 1.88. The lowest BCUT2D eigenvalue weighted by molar-refractivity contribution is 0.102. The molecule has 0 aliphatic carbocycles. The first-order valence-corrected chi connectivity index (χ1v) is 6.91. The van der Waals surface area contributed by atoms with Crippen molar-refractivity contribution >= 4 is 27.5 Å². The van der Waals surface area contributed by atoms with Crippen molar-refractivity contribution in [1.29, 1.82) is 0 Å². The number of carbonyl (C=O) groups excluding carboxylic acids is 1. The molecule has 0 radical (unpaired) electrons. The van der Waals surface area contributed by atoms with Crippen LogP contribution in [0, 0.1) is 0 Å². The van der Waals surface area contributed by atoms with Crippen LogP contribution >= 0.6 is 15.9 Å². The van der Waals surface area contributed by atoms with E-state index in [0.717, 1.165) is 25.2 Å². The average molecular weight is 321 g/mol. The molecule has 1 amide bonds. The quantitative estimate of drug-likeness (QED) is 0.894. The number of nitrogens with one attached hydrogen (secondary N) is 2. The SMILES string of the molecule is O=C(Nc1cccc2c1CNCC2)c1ccoc1Br. The number of rotatable bonds is 2. The maximum absolute atomic E-state index is 12.2. The summed E-state index contributed by atoms with van der Waals surface area (Å²) in [6.07, 6.45) is 2.48. The van der Waals surface area contributed by atoms with Gasteiger partial charge < -0.3 is 15.1 Å². The maximum Gasteiger partial charge on any atom is 0.260 e. The number of carbonyl (C=O) groups is 1. The van der Waals surface area contributed by atoms with E-state index in [1.54, 1.807) is 6.07 Å². The second-order valence-corrected chi connectivity index (χ2v) is 5.15. The van der Waals surface area contributed by atoms with Crippen LogP contribution in [0.4, 0.5) is 5.69 Å². The van der Waals surface area contributed by atoms with Crippen LogP contribution in [0.2, 0.25) is 0 Å². The zero-order chi connectivity index (χ0) is 13.2. The number of anilines is 1. The Morgan fingerprint density at radius 3 is 3.05 bits per heavy atom. The fourth-order valence-electron chi connectivity index (χ4n) is 2.28. The van der Waals surface area contributed by atoms with Crippen molar-refractivity contribution in [3.63, 3.8) is 0 Å². The summed E-state index contributed by atoms with van der Waals surface area (Å²) in [7, 11) is 0. The summed E-state index contributed by atoms with van der Waals surface area (Å²) in [5.74, 6) is -0.167. The van der Waals surface area contributed by atoms with Gasteiger partial charge in [0.15, 0.2) is 4.67 Å². The Kier molecular flexibility index (Phi) is 3.40. The van der Waals surface area contributed by atoms with Crippen LogP contribution in [-0.4, -0.2) is 12.5 Å². The molecule has 5 heteroatoms. The number of halogens is 1. The molecule has 0 spiro atoms. The zero-order valence-electron chi connectivity index (χ0n) is 10.2. The highest BCUT2D eigenvalue weighted by molar-refractivity contribution is 9.10. The van der Waals surface area contributed by atoms with Crippen LogP contribution in [0.15, 0.2) is 39.6 Å². The lowest BCUT2D eigenvalue weighted by atomic mass is 9.99. The average Bonchev–Trinajstić information content (AvgIpc) is 2.85. The molecule has 0 atom stereocenters. The number of amides is 1. The van der Waals surface area contributed by atoms with Gasteiger partial charge in [-0.05, 0) is 52.2 Å². The molecule has 0 saturated carbocycles. The molecular formula is C14H13BrN2O2. The van der Waals surface area contributed by atoms with Crippen LogP contribution in [0.1, 0.15) is 21.5 Å². The number of benzene rings is 1. The number of hydrogen-bond acceptors (Lipinski definition) is 3. The fraction of sp³-hybridized carbons (Fsp3) is 0.214. The summed E-state index contributed by atoms with van der Waals surface area (Å²) >= 11 is 3.22. The molecule has 98 valence electrons. The van der Waals surface area contributed by atoms with Gasteiger partial charge in [-0.25, -0.2) is 0 Å². The predicted molar refractivity (Wildman–Crippen MR) is 76.2 cm³/mol. The Labute approximate surface area is 119 Å². The summed E-state index contributed by atoms with van der Waals surface area (Å²) in [5.41, 5.74) is 3.83. The van der Waals surface area contributed by atoms with E-state index in [-0.39, 0.29) is 5.91 Å². The molecule has 2 aromatic rings. The first kappa shape index (κ1) is 12.4. The number of furan rings is 1.